The maximum absolute atomic E-state index is 13.1. The Morgan fingerprint density at radius 2 is 2.11 bits per heavy atom. The molecule has 0 aliphatic carbocycles. The summed E-state index contributed by atoms with van der Waals surface area (Å²) in [6, 6.07) is 10.4. The van der Waals surface area contributed by atoms with E-state index in [4.69, 9.17) is 0 Å². The monoisotopic (exact) mass is 279 g/mol. The summed E-state index contributed by atoms with van der Waals surface area (Å²) in [7, 11) is 0. The molecule has 0 fully saturated rings. The van der Waals surface area contributed by atoms with Crippen molar-refractivity contribution in [2.45, 2.75) is 26.0 Å². The van der Waals surface area contributed by atoms with Crippen molar-refractivity contribution < 1.29 is 9.50 Å². The minimum Gasteiger partial charge on any atom is -0.387 e. The third kappa shape index (κ3) is 3.86. The van der Waals surface area contributed by atoms with Crippen LogP contribution in [0.25, 0.3) is 0 Å². The molecule has 0 saturated heterocycles. The van der Waals surface area contributed by atoms with Gasteiger partial charge in [-0.1, -0.05) is 12.1 Å². The molecule has 1 aromatic carbocycles. The zero-order valence-electron chi connectivity index (χ0n) is 11.1. The number of aliphatic hydroxyl groups is 1. The van der Waals surface area contributed by atoms with Crippen molar-refractivity contribution in [1.82, 2.24) is 5.32 Å². The molecule has 2 unspecified atom stereocenters. The molecule has 0 bridgehead atoms. The average molecular weight is 279 g/mol. The van der Waals surface area contributed by atoms with Crippen LogP contribution in [0.3, 0.4) is 0 Å². The van der Waals surface area contributed by atoms with Gasteiger partial charge < -0.3 is 10.4 Å². The van der Waals surface area contributed by atoms with E-state index in [9.17, 15) is 9.50 Å². The molecule has 2 N–H and O–H groups in total. The van der Waals surface area contributed by atoms with Crippen LogP contribution < -0.4 is 5.32 Å². The maximum atomic E-state index is 13.1. The summed E-state index contributed by atoms with van der Waals surface area (Å²) < 4.78 is 13.1. The van der Waals surface area contributed by atoms with Gasteiger partial charge in [-0.05, 0) is 43.7 Å². The van der Waals surface area contributed by atoms with E-state index in [-0.39, 0.29) is 11.9 Å². The van der Waals surface area contributed by atoms with Gasteiger partial charge in [0, 0.05) is 22.3 Å². The molecule has 19 heavy (non-hydrogen) atoms. The molecule has 2 nitrogen and oxygen atoms in total. The van der Waals surface area contributed by atoms with Crippen LogP contribution in [0.4, 0.5) is 4.39 Å². The SMILES string of the molecule is Cc1ccc(C(C)NCC(O)c2cccc(F)c2)s1. The van der Waals surface area contributed by atoms with Gasteiger partial charge in [0.15, 0.2) is 0 Å². The smallest absolute Gasteiger partial charge is 0.123 e. The lowest BCUT2D eigenvalue weighted by atomic mass is 10.1. The highest BCUT2D eigenvalue weighted by atomic mass is 32.1. The van der Waals surface area contributed by atoms with Crippen LogP contribution >= 0.6 is 11.3 Å². The van der Waals surface area contributed by atoms with Crippen LogP contribution in [0.1, 0.15) is 34.4 Å². The first-order chi connectivity index (χ1) is 9.06. The summed E-state index contributed by atoms with van der Waals surface area (Å²) in [5.74, 6) is -0.321. The summed E-state index contributed by atoms with van der Waals surface area (Å²) in [5, 5.41) is 13.3. The first-order valence-corrected chi connectivity index (χ1v) is 7.11. The summed E-state index contributed by atoms with van der Waals surface area (Å²) in [6.07, 6.45) is -0.695. The van der Waals surface area contributed by atoms with Crippen molar-refractivity contribution in [1.29, 1.82) is 0 Å². The number of rotatable bonds is 5. The standard InChI is InChI=1S/C15H18FNOS/c1-10-6-7-15(19-10)11(2)17-9-14(18)12-4-3-5-13(16)8-12/h3-8,11,14,17-18H,9H2,1-2H3. The van der Waals surface area contributed by atoms with Crippen LogP contribution in [0.2, 0.25) is 0 Å². The predicted molar refractivity (Wildman–Crippen MR) is 76.8 cm³/mol. The van der Waals surface area contributed by atoms with Crippen LogP contribution in [0.15, 0.2) is 36.4 Å². The van der Waals surface area contributed by atoms with Gasteiger partial charge in [-0.2, -0.15) is 0 Å². The van der Waals surface area contributed by atoms with E-state index < -0.39 is 6.10 Å². The van der Waals surface area contributed by atoms with Crippen molar-refractivity contribution in [3.63, 3.8) is 0 Å². The molecule has 1 heterocycles. The molecule has 0 spiro atoms. The fraction of sp³-hybridized carbons (Fsp3) is 0.333. The first-order valence-electron chi connectivity index (χ1n) is 6.29. The van der Waals surface area contributed by atoms with Crippen LogP contribution in [-0.2, 0) is 0 Å². The molecule has 2 rings (SSSR count). The number of halogens is 1. The number of aryl methyl sites for hydroxylation is 1. The number of benzene rings is 1. The van der Waals surface area contributed by atoms with Gasteiger partial charge in [-0.15, -0.1) is 11.3 Å². The third-order valence-electron chi connectivity index (χ3n) is 3.04. The van der Waals surface area contributed by atoms with E-state index in [0.29, 0.717) is 12.1 Å². The molecule has 1 aromatic heterocycles. The number of aliphatic hydroxyl groups excluding tert-OH is 1. The largest absolute Gasteiger partial charge is 0.387 e. The molecule has 0 saturated carbocycles. The molecule has 4 heteroatoms. The van der Waals surface area contributed by atoms with Gasteiger partial charge in [0.2, 0.25) is 0 Å². The van der Waals surface area contributed by atoms with Gasteiger partial charge in [-0.25, -0.2) is 4.39 Å². The fourth-order valence-corrected chi connectivity index (χ4v) is 2.81. The molecule has 2 atom stereocenters. The Balaban J connectivity index is 1.91. The second kappa shape index (κ2) is 6.28. The van der Waals surface area contributed by atoms with Crippen LogP contribution in [-0.4, -0.2) is 11.7 Å². The third-order valence-corrected chi connectivity index (χ3v) is 4.22. The molecule has 0 aliphatic rings. The maximum Gasteiger partial charge on any atom is 0.123 e. The summed E-state index contributed by atoms with van der Waals surface area (Å²) in [5.41, 5.74) is 0.599. The lowest BCUT2D eigenvalue weighted by Crippen LogP contribution is -2.24. The molecular formula is C15H18FNOS. The highest BCUT2D eigenvalue weighted by Gasteiger charge is 2.12. The minimum atomic E-state index is -0.695. The van der Waals surface area contributed by atoms with Crippen molar-refractivity contribution >= 4 is 11.3 Å². The number of nitrogens with one attached hydrogen (secondary N) is 1. The molecule has 2 aromatic rings. The second-order valence-electron chi connectivity index (χ2n) is 4.65. The Kier molecular flexibility index (Phi) is 4.69. The zero-order chi connectivity index (χ0) is 13.8. The second-order valence-corrected chi connectivity index (χ2v) is 5.97. The Morgan fingerprint density at radius 3 is 2.74 bits per heavy atom. The topological polar surface area (TPSA) is 32.3 Å². The quantitative estimate of drug-likeness (QED) is 0.877. The number of thiophene rings is 1. The zero-order valence-corrected chi connectivity index (χ0v) is 11.9. The average Bonchev–Trinajstić information content (AvgIpc) is 2.82. The normalized spacial score (nSPS) is 14.3. The fourth-order valence-electron chi connectivity index (χ4n) is 1.91. The Labute approximate surface area is 116 Å². The van der Waals surface area contributed by atoms with Crippen molar-refractivity contribution in [2.75, 3.05) is 6.54 Å². The predicted octanol–water partition coefficient (Wildman–Crippen LogP) is 3.58. The first kappa shape index (κ1) is 14.2. The van der Waals surface area contributed by atoms with Gasteiger partial charge in [0.05, 0.1) is 6.10 Å². The lowest BCUT2D eigenvalue weighted by molar-refractivity contribution is 0.170. The van der Waals surface area contributed by atoms with Crippen molar-refractivity contribution in [2.24, 2.45) is 0 Å². The Hall–Kier alpha value is -1.23. The van der Waals surface area contributed by atoms with E-state index in [1.807, 2.05) is 0 Å². The van der Waals surface area contributed by atoms with Crippen molar-refractivity contribution in [3.05, 3.63) is 57.5 Å². The molecule has 0 radical (unpaired) electrons. The summed E-state index contributed by atoms with van der Waals surface area (Å²) >= 11 is 1.74. The van der Waals surface area contributed by atoms with E-state index >= 15 is 0 Å². The van der Waals surface area contributed by atoms with Crippen LogP contribution in [0.5, 0.6) is 0 Å². The van der Waals surface area contributed by atoms with Crippen molar-refractivity contribution in [3.8, 4) is 0 Å². The van der Waals surface area contributed by atoms with Gasteiger partial charge in [0.25, 0.3) is 0 Å². The van der Waals surface area contributed by atoms with Gasteiger partial charge in [0.1, 0.15) is 5.82 Å². The molecule has 102 valence electrons. The lowest BCUT2D eigenvalue weighted by Gasteiger charge is -2.16. The molecular weight excluding hydrogens is 261 g/mol. The number of hydrogen-bond donors (Lipinski definition) is 2. The Bertz CT molecular complexity index is 540. The molecule has 0 amide bonds. The van der Waals surface area contributed by atoms with E-state index in [1.165, 1.54) is 21.9 Å². The van der Waals surface area contributed by atoms with Gasteiger partial charge in [-0.3, -0.25) is 0 Å². The van der Waals surface area contributed by atoms with E-state index in [0.717, 1.165) is 0 Å². The minimum absolute atomic E-state index is 0.182. The highest BCUT2D eigenvalue weighted by Crippen LogP contribution is 2.23. The van der Waals surface area contributed by atoms with Crippen LogP contribution in [0, 0.1) is 12.7 Å². The Morgan fingerprint density at radius 1 is 1.32 bits per heavy atom. The highest BCUT2D eigenvalue weighted by molar-refractivity contribution is 7.12. The number of hydrogen-bond acceptors (Lipinski definition) is 3. The van der Waals surface area contributed by atoms with Gasteiger partial charge >= 0.3 is 0 Å². The summed E-state index contributed by atoms with van der Waals surface area (Å²) in [4.78, 5) is 2.51. The van der Waals surface area contributed by atoms with E-state index in [1.54, 1.807) is 23.5 Å². The molecule has 0 aliphatic heterocycles. The van der Waals surface area contributed by atoms with E-state index in [2.05, 4.69) is 31.3 Å². The summed E-state index contributed by atoms with van der Waals surface area (Å²) in [6.45, 7) is 4.54.